The van der Waals surface area contributed by atoms with Crippen molar-refractivity contribution < 1.29 is 4.79 Å². The first kappa shape index (κ1) is 21.3. The van der Waals surface area contributed by atoms with Crippen LogP contribution >= 0.6 is 23.2 Å². The zero-order chi connectivity index (χ0) is 22.9. The van der Waals surface area contributed by atoms with E-state index < -0.39 is 0 Å². The number of carbonyl (C=O) groups is 1. The summed E-state index contributed by atoms with van der Waals surface area (Å²) in [5.74, 6) is -0.332. The monoisotopic (exact) mass is 471 g/mol. The van der Waals surface area contributed by atoms with E-state index in [0.29, 0.717) is 21.4 Å². The van der Waals surface area contributed by atoms with E-state index in [1.165, 1.54) is 0 Å². The molecule has 1 aromatic heterocycles. The Hall–Kier alpha value is -3.60. The van der Waals surface area contributed by atoms with Crippen LogP contribution in [-0.2, 0) is 0 Å². The van der Waals surface area contributed by atoms with Crippen molar-refractivity contribution >= 4 is 45.6 Å². The molecule has 1 N–H and O–H groups in total. The quantitative estimate of drug-likeness (QED) is 0.293. The van der Waals surface area contributed by atoms with E-state index >= 15 is 0 Å². The van der Waals surface area contributed by atoms with Crippen LogP contribution in [0, 0.1) is 6.92 Å². The van der Waals surface area contributed by atoms with Gasteiger partial charge in [0.15, 0.2) is 5.69 Å². The van der Waals surface area contributed by atoms with Gasteiger partial charge in [0.25, 0.3) is 5.91 Å². The molecule has 0 bridgehead atoms. The van der Waals surface area contributed by atoms with Crippen molar-refractivity contribution in [3.8, 4) is 16.9 Å². The van der Waals surface area contributed by atoms with Gasteiger partial charge in [-0.3, -0.25) is 4.79 Å². The molecule has 0 saturated heterocycles. The second kappa shape index (κ2) is 8.74. The second-order valence-electron chi connectivity index (χ2n) is 7.78. The number of aromatic nitrogens is 2. The van der Waals surface area contributed by atoms with E-state index in [1.54, 1.807) is 18.2 Å². The lowest BCUT2D eigenvalue weighted by Crippen LogP contribution is -2.13. The van der Waals surface area contributed by atoms with Crippen LogP contribution < -0.4 is 5.32 Å². The maximum Gasteiger partial charge on any atom is 0.276 e. The van der Waals surface area contributed by atoms with Gasteiger partial charge < -0.3 is 5.32 Å². The van der Waals surface area contributed by atoms with Crippen molar-refractivity contribution in [3.05, 3.63) is 112 Å². The first-order valence-corrected chi connectivity index (χ1v) is 11.2. The predicted molar refractivity (Wildman–Crippen MR) is 136 cm³/mol. The van der Waals surface area contributed by atoms with Crippen LogP contribution in [0.15, 0.2) is 91.0 Å². The number of nitrogens with one attached hydrogen (secondary N) is 1. The van der Waals surface area contributed by atoms with Gasteiger partial charge in [0, 0.05) is 11.3 Å². The molecule has 0 aliphatic rings. The molecule has 5 aromatic rings. The van der Waals surface area contributed by atoms with E-state index in [2.05, 4.69) is 28.6 Å². The Kier molecular flexibility index (Phi) is 5.63. The van der Waals surface area contributed by atoms with Gasteiger partial charge in [0.2, 0.25) is 0 Å². The van der Waals surface area contributed by atoms with E-state index in [0.717, 1.165) is 33.3 Å². The van der Waals surface area contributed by atoms with Crippen molar-refractivity contribution in [2.75, 3.05) is 5.32 Å². The van der Waals surface area contributed by atoms with Gasteiger partial charge in [-0.1, -0.05) is 77.8 Å². The number of amides is 1. The molecule has 0 atom stereocenters. The molecule has 0 saturated carbocycles. The zero-order valence-corrected chi connectivity index (χ0v) is 19.2. The molecule has 0 aliphatic carbocycles. The molecule has 33 heavy (non-hydrogen) atoms. The fraction of sp³-hybridized carbons (Fsp3) is 0.0370. The minimum Gasteiger partial charge on any atom is -0.321 e. The Morgan fingerprint density at radius 2 is 1.64 bits per heavy atom. The lowest BCUT2D eigenvalue weighted by atomic mass is 10.0. The van der Waals surface area contributed by atoms with Crippen LogP contribution in [0.1, 0.15) is 16.1 Å². The number of benzene rings is 4. The molecule has 1 heterocycles. The van der Waals surface area contributed by atoms with Gasteiger partial charge in [-0.05, 0) is 59.7 Å². The molecule has 5 rings (SSSR count). The Morgan fingerprint density at radius 1 is 0.848 bits per heavy atom. The second-order valence-corrected chi connectivity index (χ2v) is 8.59. The van der Waals surface area contributed by atoms with Gasteiger partial charge in [0.1, 0.15) is 0 Å². The molecule has 0 unspecified atom stereocenters. The van der Waals surface area contributed by atoms with Crippen molar-refractivity contribution in [2.24, 2.45) is 0 Å². The third kappa shape index (κ3) is 4.23. The number of hydrogen-bond donors (Lipinski definition) is 1. The summed E-state index contributed by atoms with van der Waals surface area (Å²) < 4.78 is 1.82. The van der Waals surface area contributed by atoms with Crippen molar-refractivity contribution in [3.63, 3.8) is 0 Å². The summed E-state index contributed by atoms with van der Waals surface area (Å²) >= 11 is 12.1. The third-order valence-corrected chi connectivity index (χ3v) is 6.17. The van der Waals surface area contributed by atoms with Crippen molar-refractivity contribution in [2.45, 2.75) is 6.92 Å². The maximum absolute atomic E-state index is 13.1. The number of anilines is 1. The molecular formula is C27H19Cl2N3O. The van der Waals surface area contributed by atoms with Gasteiger partial charge in [0.05, 0.1) is 21.4 Å². The summed E-state index contributed by atoms with van der Waals surface area (Å²) in [6, 6.07) is 29.1. The molecule has 0 aliphatic heterocycles. The van der Waals surface area contributed by atoms with E-state index in [1.807, 2.05) is 66.2 Å². The summed E-state index contributed by atoms with van der Waals surface area (Å²) in [4.78, 5) is 13.1. The molecule has 0 radical (unpaired) electrons. The number of hydrogen-bond acceptors (Lipinski definition) is 2. The predicted octanol–water partition coefficient (Wildman–Crippen LogP) is 7.56. The average Bonchev–Trinajstić information content (AvgIpc) is 3.27. The summed E-state index contributed by atoms with van der Waals surface area (Å²) in [5.41, 5.74) is 4.66. The Bertz CT molecular complexity index is 1500. The standard InChI is InChI=1S/C27H19Cl2N3O/c1-17-6-4-9-20(14-17)32-26(22-11-5-8-18-7-2-3-10-21(18)22)16-25(31-32)27(33)30-19-12-13-23(28)24(29)15-19/h2-16H,1H3,(H,30,33). The highest BCUT2D eigenvalue weighted by molar-refractivity contribution is 6.42. The van der Waals surface area contributed by atoms with Crippen molar-refractivity contribution in [1.29, 1.82) is 0 Å². The summed E-state index contributed by atoms with van der Waals surface area (Å²) in [5, 5.41) is 10.6. The number of rotatable bonds is 4. The fourth-order valence-corrected chi connectivity index (χ4v) is 4.16. The molecule has 4 nitrogen and oxygen atoms in total. The van der Waals surface area contributed by atoms with Gasteiger partial charge in [-0.25, -0.2) is 4.68 Å². The molecule has 6 heteroatoms. The number of aryl methyl sites for hydroxylation is 1. The Balaban J connectivity index is 1.63. The Labute approximate surface area is 201 Å². The topological polar surface area (TPSA) is 46.9 Å². The van der Waals surface area contributed by atoms with Crippen LogP contribution in [-0.4, -0.2) is 15.7 Å². The highest BCUT2D eigenvalue weighted by Crippen LogP contribution is 2.31. The smallest absolute Gasteiger partial charge is 0.276 e. The fourth-order valence-electron chi connectivity index (χ4n) is 3.86. The summed E-state index contributed by atoms with van der Waals surface area (Å²) in [7, 11) is 0. The molecule has 0 spiro atoms. The molecule has 162 valence electrons. The SMILES string of the molecule is Cc1cccc(-n2nc(C(=O)Nc3ccc(Cl)c(Cl)c3)cc2-c2cccc3ccccc23)c1. The van der Waals surface area contributed by atoms with Crippen molar-refractivity contribution in [1.82, 2.24) is 9.78 Å². The highest BCUT2D eigenvalue weighted by atomic mass is 35.5. The van der Waals surface area contributed by atoms with Crippen LogP contribution in [0.25, 0.3) is 27.7 Å². The minimum absolute atomic E-state index is 0.297. The third-order valence-electron chi connectivity index (χ3n) is 5.43. The molecule has 0 fully saturated rings. The summed E-state index contributed by atoms with van der Waals surface area (Å²) in [6.45, 7) is 2.03. The van der Waals surface area contributed by atoms with Crippen LogP contribution in [0.4, 0.5) is 5.69 Å². The minimum atomic E-state index is -0.332. The first-order chi connectivity index (χ1) is 16.0. The van der Waals surface area contributed by atoms with Crippen LogP contribution in [0.2, 0.25) is 10.0 Å². The largest absolute Gasteiger partial charge is 0.321 e. The van der Waals surface area contributed by atoms with E-state index in [4.69, 9.17) is 23.2 Å². The van der Waals surface area contributed by atoms with Crippen LogP contribution in [0.3, 0.4) is 0 Å². The van der Waals surface area contributed by atoms with Gasteiger partial charge in [-0.15, -0.1) is 0 Å². The Morgan fingerprint density at radius 3 is 2.45 bits per heavy atom. The average molecular weight is 472 g/mol. The molecular weight excluding hydrogens is 453 g/mol. The van der Waals surface area contributed by atoms with Gasteiger partial charge in [-0.2, -0.15) is 5.10 Å². The zero-order valence-electron chi connectivity index (χ0n) is 17.7. The summed E-state index contributed by atoms with van der Waals surface area (Å²) in [6.07, 6.45) is 0. The normalized spacial score (nSPS) is 11.0. The highest BCUT2D eigenvalue weighted by Gasteiger charge is 2.19. The maximum atomic E-state index is 13.1. The molecule has 1 amide bonds. The first-order valence-electron chi connectivity index (χ1n) is 10.4. The number of carbonyl (C=O) groups excluding carboxylic acids is 1. The van der Waals surface area contributed by atoms with Gasteiger partial charge >= 0.3 is 0 Å². The molecule has 4 aromatic carbocycles. The van der Waals surface area contributed by atoms with E-state index in [-0.39, 0.29) is 5.91 Å². The van der Waals surface area contributed by atoms with E-state index in [9.17, 15) is 4.79 Å². The number of halogens is 2. The number of nitrogens with zero attached hydrogens (tertiary/aromatic N) is 2. The van der Waals surface area contributed by atoms with Crippen LogP contribution in [0.5, 0.6) is 0 Å². The lowest BCUT2D eigenvalue weighted by molar-refractivity contribution is 0.102. The lowest BCUT2D eigenvalue weighted by Gasteiger charge is -2.10. The number of fused-ring (bicyclic) bond motifs is 1.